The van der Waals surface area contributed by atoms with Crippen LogP contribution in [0.15, 0.2) is 42.6 Å². The monoisotopic (exact) mass is 396 g/mol. The van der Waals surface area contributed by atoms with E-state index in [4.69, 9.17) is 5.73 Å². The second-order valence-electron chi connectivity index (χ2n) is 5.55. The smallest absolute Gasteiger partial charge is 0.293 e. The zero-order chi connectivity index (χ0) is 16.9. The topological polar surface area (TPSA) is 89.4 Å². The van der Waals surface area contributed by atoms with Crippen molar-refractivity contribution in [1.82, 2.24) is 24.5 Å². The van der Waals surface area contributed by atoms with Gasteiger partial charge in [0, 0.05) is 31.5 Å². The molecule has 2 N–H and O–H groups in total. The summed E-state index contributed by atoms with van der Waals surface area (Å²) >= 11 is 0. The van der Waals surface area contributed by atoms with E-state index >= 15 is 0 Å². The van der Waals surface area contributed by atoms with E-state index in [0.717, 1.165) is 12.1 Å². The van der Waals surface area contributed by atoms with Gasteiger partial charge in [-0.15, -0.1) is 29.9 Å². The maximum Gasteiger partial charge on any atom is 0.293 e. The number of fused-ring (bicyclic) bond motifs is 1. The molecule has 0 spiro atoms. The third-order valence-electron chi connectivity index (χ3n) is 3.82. The van der Waals surface area contributed by atoms with Crippen LogP contribution in [0.1, 0.15) is 21.9 Å². The van der Waals surface area contributed by atoms with Crippen LogP contribution in [0.4, 0.5) is 0 Å². The molecule has 2 aromatic heterocycles. The molecule has 0 unspecified atom stereocenters. The first kappa shape index (κ1) is 21.8. The van der Waals surface area contributed by atoms with Crippen molar-refractivity contribution in [3.63, 3.8) is 0 Å². The zero-order valence-electron chi connectivity index (χ0n) is 14.4. The summed E-state index contributed by atoms with van der Waals surface area (Å²) in [5, 5.41) is 4.28. The van der Waals surface area contributed by atoms with Crippen molar-refractivity contribution >= 4 is 36.5 Å². The third kappa shape index (κ3) is 4.91. The molecule has 0 atom stereocenters. The molecule has 0 saturated heterocycles. The molecule has 0 saturated carbocycles. The summed E-state index contributed by atoms with van der Waals surface area (Å²) in [6.07, 6.45) is 2.41. The highest BCUT2D eigenvalue weighted by atomic mass is 35.5. The summed E-state index contributed by atoms with van der Waals surface area (Å²) < 4.78 is 1.57. The minimum Gasteiger partial charge on any atom is -0.334 e. The third-order valence-corrected chi connectivity index (χ3v) is 3.82. The molecule has 0 fully saturated rings. The quantitative estimate of drug-likeness (QED) is 0.687. The molecule has 3 rings (SSSR count). The Labute approximate surface area is 164 Å². The summed E-state index contributed by atoms with van der Waals surface area (Å²) in [7, 11) is 0. The first-order valence-electron chi connectivity index (χ1n) is 7.90. The molecule has 2 heterocycles. The molecule has 0 aliphatic rings. The van der Waals surface area contributed by atoms with E-state index in [9.17, 15) is 4.79 Å². The maximum absolute atomic E-state index is 12.7. The Balaban J connectivity index is 0.00000169. The van der Waals surface area contributed by atoms with Crippen LogP contribution in [0.2, 0.25) is 0 Å². The average Bonchev–Trinajstić information content (AvgIpc) is 3.04. The molecular formula is C17H22Cl2N6O. The Bertz CT molecular complexity index is 840. The van der Waals surface area contributed by atoms with Crippen LogP contribution in [-0.2, 0) is 6.42 Å². The van der Waals surface area contributed by atoms with Crippen LogP contribution in [0.25, 0.3) is 5.78 Å². The Morgan fingerprint density at radius 2 is 1.88 bits per heavy atom. The van der Waals surface area contributed by atoms with Crippen molar-refractivity contribution in [3.8, 4) is 0 Å². The van der Waals surface area contributed by atoms with E-state index < -0.39 is 0 Å². The van der Waals surface area contributed by atoms with Crippen LogP contribution in [-0.4, -0.2) is 50.0 Å². The van der Waals surface area contributed by atoms with E-state index in [0.29, 0.717) is 25.4 Å². The second kappa shape index (κ2) is 10.1. The molecule has 7 nitrogen and oxygen atoms in total. The van der Waals surface area contributed by atoms with Crippen molar-refractivity contribution in [1.29, 1.82) is 0 Å². The Hall–Kier alpha value is -2.22. The highest BCUT2D eigenvalue weighted by Crippen LogP contribution is 2.07. The average molecular weight is 397 g/mol. The van der Waals surface area contributed by atoms with Gasteiger partial charge in [0.1, 0.15) is 0 Å². The number of aryl methyl sites for hydroxylation is 1. The summed E-state index contributed by atoms with van der Waals surface area (Å²) in [5.41, 5.74) is 7.71. The van der Waals surface area contributed by atoms with Crippen molar-refractivity contribution in [3.05, 3.63) is 59.7 Å². The van der Waals surface area contributed by atoms with Gasteiger partial charge in [0.25, 0.3) is 11.7 Å². The number of hydrogen-bond acceptors (Lipinski definition) is 5. The predicted octanol–water partition coefficient (Wildman–Crippen LogP) is 1.92. The maximum atomic E-state index is 12.7. The van der Waals surface area contributed by atoms with Crippen LogP contribution < -0.4 is 5.73 Å². The van der Waals surface area contributed by atoms with Gasteiger partial charge in [0.05, 0.1) is 0 Å². The largest absolute Gasteiger partial charge is 0.334 e. The van der Waals surface area contributed by atoms with Gasteiger partial charge < -0.3 is 10.6 Å². The SMILES string of the molecule is Cc1ccnc2nc(C(=O)N(CCN)CCc3ccccc3)nn12.Cl.Cl. The summed E-state index contributed by atoms with van der Waals surface area (Å²) in [6.45, 7) is 3.32. The molecule has 1 aromatic carbocycles. The molecule has 9 heteroatoms. The predicted molar refractivity (Wildman–Crippen MR) is 105 cm³/mol. The molecule has 3 aromatic rings. The fourth-order valence-electron chi connectivity index (χ4n) is 2.52. The lowest BCUT2D eigenvalue weighted by molar-refractivity contribution is 0.0750. The molecule has 0 aliphatic heterocycles. The Morgan fingerprint density at radius 3 is 2.54 bits per heavy atom. The molecule has 0 radical (unpaired) electrons. The summed E-state index contributed by atoms with van der Waals surface area (Å²) in [4.78, 5) is 22.8. The minimum absolute atomic E-state index is 0. The van der Waals surface area contributed by atoms with Gasteiger partial charge in [-0.25, -0.2) is 9.50 Å². The number of hydrogen-bond donors (Lipinski definition) is 1. The van der Waals surface area contributed by atoms with Crippen molar-refractivity contribution in [2.24, 2.45) is 5.73 Å². The molecular weight excluding hydrogens is 375 g/mol. The molecule has 140 valence electrons. The van der Waals surface area contributed by atoms with Crippen molar-refractivity contribution < 1.29 is 4.79 Å². The lowest BCUT2D eigenvalue weighted by atomic mass is 10.1. The van der Waals surface area contributed by atoms with Gasteiger partial charge in [-0.1, -0.05) is 30.3 Å². The standard InChI is InChI=1S/C17H20N6O.2ClH/c1-13-7-10-19-17-20-15(21-23(13)17)16(24)22(12-9-18)11-8-14-5-3-2-4-6-14;;/h2-7,10H,8-9,11-12,18H2,1H3;2*1H. The van der Waals surface area contributed by atoms with Gasteiger partial charge in [-0.3, -0.25) is 4.79 Å². The number of amides is 1. The van der Waals surface area contributed by atoms with Gasteiger partial charge in [-0.05, 0) is 25.0 Å². The van der Waals surface area contributed by atoms with Gasteiger partial charge in [0.15, 0.2) is 0 Å². The number of rotatable bonds is 6. The number of benzene rings is 1. The normalized spacial score (nSPS) is 10.1. The molecule has 26 heavy (non-hydrogen) atoms. The first-order chi connectivity index (χ1) is 11.7. The number of carbonyl (C=O) groups excluding carboxylic acids is 1. The molecule has 1 amide bonds. The number of nitrogens with zero attached hydrogens (tertiary/aromatic N) is 5. The summed E-state index contributed by atoms with van der Waals surface area (Å²) in [5.74, 6) is 0.355. The summed E-state index contributed by atoms with van der Waals surface area (Å²) in [6, 6.07) is 11.9. The van der Waals surface area contributed by atoms with E-state index in [1.165, 1.54) is 5.56 Å². The lowest BCUT2D eigenvalue weighted by Gasteiger charge is -2.20. The Morgan fingerprint density at radius 1 is 1.15 bits per heavy atom. The van der Waals surface area contributed by atoms with E-state index in [1.54, 1.807) is 15.6 Å². The number of carbonyl (C=O) groups is 1. The van der Waals surface area contributed by atoms with Gasteiger partial charge in [-0.2, -0.15) is 4.98 Å². The number of aromatic nitrogens is 4. The number of halogens is 2. The highest BCUT2D eigenvalue weighted by Gasteiger charge is 2.20. The minimum atomic E-state index is -0.221. The second-order valence-corrected chi connectivity index (χ2v) is 5.55. The van der Waals surface area contributed by atoms with Crippen molar-refractivity contribution in [2.45, 2.75) is 13.3 Å². The first-order valence-corrected chi connectivity index (χ1v) is 7.90. The van der Waals surface area contributed by atoms with Gasteiger partial charge in [0.2, 0.25) is 5.82 Å². The molecule has 0 bridgehead atoms. The van der Waals surface area contributed by atoms with E-state index in [2.05, 4.69) is 15.1 Å². The van der Waals surface area contributed by atoms with Crippen LogP contribution in [0.5, 0.6) is 0 Å². The zero-order valence-corrected chi connectivity index (χ0v) is 16.0. The fourth-order valence-corrected chi connectivity index (χ4v) is 2.52. The van der Waals surface area contributed by atoms with E-state index in [-0.39, 0.29) is 36.5 Å². The highest BCUT2D eigenvalue weighted by molar-refractivity contribution is 5.90. The van der Waals surface area contributed by atoms with Crippen LogP contribution >= 0.6 is 24.8 Å². The van der Waals surface area contributed by atoms with E-state index in [1.807, 2.05) is 43.3 Å². The van der Waals surface area contributed by atoms with Crippen molar-refractivity contribution in [2.75, 3.05) is 19.6 Å². The molecule has 0 aliphatic carbocycles. The number of nitrogens with two attached hydrogens (primary N) is 1. The van der Waals surface area contributed by atoms with Crippen LogP contribution in [0.3, 0.4) is 0 Å². The fraction of sp³-hybridized carbons (Fsp3) is 0.294. The van der Waals surface area contributed by atoms with Gasteiger partial charge >= 0.3 is 0 Å². The van der Waals surface area contributed by atoms with Crippen LogP contribution in [0, 0.1) is 6.92 Å². The lowest BCUT2D eigenvalue weighted by Crippen LogP contribution is -2.37. The Kier molecular flexibility index (Phi) is 8.44.